The van der Waals surface area contributed by atoms with Gasteiger partial charge in [-0.25, -0.2) is 0 Å². The molecule has 11 heavy (non-hydrogen) atoms. The average Bonchev–Trinajstić information content (AvgIpc) is 2.07. The number of nitrogens with two attached hydrogens (primary N) is 1. The van der Waals surface area contributed by atoms with Crippen molar-refractivity contribution in [1.29, 1.82) is 0 Å². The molecular weight excluding hydrogens is 134 g/mol. The molecule has 0 heterocycles. The van der Waals surface area contributed by atoms with Crippen LogP contribution < -0.4 is 5.73 Å². The molecule has 0 saturated heterocycles. The summed E-state index contributed by atoms with van der Waals surface area (Å²) in [6.45, 7) is 2.20. The Bertz CT molecular complexity index is 138. The van der Waals surface area contributed by atoms with Crippen LogP contribution in [0, 0.1) is 0 Å². The highest BCUT2D eigenvalue weighted by molar-refractivity contribution is 5.11. The van der Waals surface area contributed by atoms with Crippen LogP contribution in [0.4, 0.5) is 0 Å². The van der Waals surface area contributed by atoms with Crippen molar-refractivity contribution in [3.05, 3.63) is 11.6 Å². The summed E-state index contributed by atoms with van der Waals surface area (Å²) in [6, 6.07) is 0.361. The second kappa shape index (κ2) is 4.55. The second-order valence-electron chi connectivity index (χ2n) is 3.42. The predicted molar refractivity (Wildman–Crippen MR) is 49.4 cm³/mol. The van der Waals surface area contributed by atoms with Crippen LogP contribution in [0.25, 0.3) is 0 Å². The summed E-state index contributed by atoms with van der Waals surface area (Å²) in [4.78, 5) is 0. The van der Waals surface area contributed by atoms with E-state index in [0.29, 0.717) is 6.04 Å². The van der Waals surface area contributed by atoms with E-state index in [1.165, 1.54) is 37.7 Å². The molecule has 0 radical (unpaired) electrons. The van der Waals surface area contributed by atoms with Gasteiger partial charge in [-0.1, -0.05) is 25.0 Å². The van der Waals surface area contributed by atoms with Gasteiger partial charge in [0.05, 0.1) is 0 Å². The van der Waals surface area contributed by atoms with Crippen LogP contribution in [-0.4, -0.2) is 6.04 Å². The summed E-state index contributed by atoms with van der Waals surface area (Å²) in [5.74, 6) is 0. The summed E-state index contributed by atoms with van der Waals surface area (Å²) in [5.41, 5.74) is 7.50. The maximum atomic E-state index is 5.99. The van der Waals surface area contributed by atoms with Crippen LogP contribution in [0.15, 0.2) is 11.6 Å². The Kier molecular flexibility index (Phi) is 3.64. The zero-order chi connectivity index (χ0) is 8.10. The molecule has 0 aromatic heterocycles. The first kappa shape index (κ1) is 8.79. The Labute approximate surface area is 69.7 Å². The Morgan fingerprint density at radius 1 is 1.55 bits per heavy atom. The lowest BCUT2D eigenvalue weighted by Crippen LogP contribution is -2.23. The van der Waals surface area contributed by atoms with Crippen LogP contribution in [0.2, 0.25) is 0 Å². The normalized spacial score (nSPS) is 21.1. The van der Waals surface area contributed by atoms with Gasteiger partial charge in [0.15, 0.2) is 0 Å². The zero-order valence-corrected chi connectivity index (χ0v) is 7.47. The molecule has 1 nitrogen and oxygen atoms in total. The molecule has 0 bridgehead atoms. The van der Waals surface area contributed by atoms with Gasteiger partial charge in [0, 0.05) is 6.04 Å². The van der Waals surface area contributed by atoms with Crippen LogP contribution >= 0.6 is 0 Å². The van der Waals surface area contributed by atoms with E-state index in [9.17, 15) is 0 Å². The summed E-state index contributed by atoms with van der Waals surface area (Å²) in [5, 5.41) is 0. The third kappa shape index (κ3) is 2.66. The minimum absolute atomic E-state index is 0.361. The Morgan fingerprint density at radius 2 is 2.36 bits per heavy atom. The van der Waals surface area contributed by atoms with Crippen molar-refractivity contribution in [3.8, 4) is 0 Å². The smallest absolute Gasteiger partial charge is 0.0253 e. The Morgan fingerprint density at radius 3 is 2.91 bits per heavy atom. The molecule has 0 spiro atoms. The molecule has 1 aliphatic rings. The molecule has 0 aromatic carbocycles. The molecule has 2 N–H and O–H groups in total. The van der Waals surface area contributed by atoms with Crippen molar-refractivity contribution in [2.45, 2.75) is 51.5 Å². The van der Waals surface area contributed by atoms with Gasteiger partial charge >= 0.3 is 0 Å². The molecule has 1 atom stereocenters. The van der Waals surface area contributed by atoms with E-state index in [-0.39, 0.29) is 0 Å². The molecule has 0 saturated carbocycles. The van der Waals surface area contributed by atoms with Crippen molar-refractivity contribution in [2.24, 2.45) is 5.73 Å². The Hall–Kier alpha value is -0.300. The molecule has 0 fully saturated rings. The summed E-state index contributed by atoms with van der Waals surface area (Å²) < 4.78 is 0. The first-order valence-corrected chi connectivity index (χ1v) is 4.79. The van der Waals surface area contributed by atoms with E-state index in [0.717, 1.165) is 6.42 Å². The highest BCUT2D eigenvalue weighted by Gasteiger charge is 2.10. The van der Waals surface area contributed by atoms with Gasteiger partial charge in [0.25, 0.3) is 0 Å². The predicted octanol–water partition coefficient (Wildman–Crippen LogP) is 2.61. The standard InChI is InChI=1S/C10H19N/c1-2-6-10(11)9-7-4-3-5-8-9/h7,10H,2-6,8,11H2,1H3. The van der Waals surface area contributed by atoms with E-state index in [2.05, 4.69) is 13.0 Å². The number of rotatable bonds is 3. The fraction of sp³-hybridized carbons (Fsp3) is 0.800. The minimum atomic E-state index is 0.361. The first-order chi connectivity index (χ1) is 5.34. The van der Waals surface area contributed by atoms with Crippen LogP contribution in [0.1, 0.15) is 45.4 Å². The van der Waals surface area contributed by atoms with Crippen molar-refractivity contribution < 1.29 is 0 Å². The Balaban J connectivity index is 2.37. The van der Waals surface area contributed by atoms with Crippen LogP contribution in [0.3, 0.4) is 0 Å². The largest absolute Gasteiger partial charge is 0.324 e. The number of hydrogen-bond acceptors (Lipinski definition) is 1. The number of hydrogen-bond donors (Lipinski definition) is 1. The van der Waals surface area contributed by atoms with Crippen molar-refractivity contribution >= 4 is 0 Å². The van der Waals surface area contributed by atoms with E-state index < -0.39 is 0 Å². The second-order valence-corrected chi connectivity index (χ2v) is 3.42. The lowest BCUT2D eigenvalue weighted by molar-refractivity contribution is 0.598. The van der Waals surface area contributed by atoms with Gasteiger partial charge in [-0.15, -0.1) is 0 Å². The van der Waals surface area contributed by atoms with Gasteiger partial charge in [0.1, 0.15) is 0 Å². The van der Waals surface area contributed by atoms with Gasteiger partial charge in [-0.05, 0) is 32.1 Å². The summed E-state index contributed by atoms with van der Waals surface area (Å²) in [7, 11) is 0. The third-order valence-electron chi connectivity index (χ3n) is 2.40. The lowest BCUT2D eigenvalue weighted by atomic mass is 9.92. The maximum Gasteiger partial charge on any atom is 0.0253 e. The molecule has 0 amide bonds. The van der Waals surface area contributed by atoms with Gasteiger partial charge in [-0.3, -0.25) is 0 Å². The molecule has 0 aliphatic heterocycles. The molecule has 1 heteroatoms. The summed E-state index contributed by atoms with van der Waals surface area (Å²) >= 11 is 0. The maximum absolute atomic E-state index is 5.99. The van der Waals surface area contributed by atoms with E-state index in [1.54, 1.807) is 0 Å². The third-order valence-corrected chi connectivity index (χ3v) is 2.40. The lowest BCUT2D eigenvalue weighted by Gasteiger charge is -2.18. The van der Waals surface area contributed by atoms with Gasteiger partial charge in [-0.2, -0.15) is 0 Å². The molecular formula is C10H19N. The van der Waals surface area contributed by atoms with Crippen molar-refractivity contribution in [2.75, 3.05) is 0 Å². The minimum Gasteiger partial charge on any atom is -0.324 e. The molecule has 1 unspecified atom stereocenters. The fourth-order valence-corrected chi connectivity index (χ4v) is 1.70. The van der Waals surface area contributed by atoms with Crippen molar-refractivity contribution in [3.63, 3.8) is 0 Å². The SMILES string of the molecule is CCCC(N)C1=CCCCC1. The van der Waals surface area contributed by atoms with Crippen molar-refractivity contribution in [1.82, 2.24) is 0 Å². The highest BCUT2D eigenvalue weighted by Crippen LogP contribution is 2.20. The number of allylic oxidation sites excluding steroid dienone is 1. The molecule has 0 aromatic rings. The first-order valence-electron chi connectivity index (χ1n) is 4.79. The molecule has 64 valence electrons. The van der Waals surface area contributed by atoms with Crippen LogP contribution in [-0.2, 0) is 0 Å². The molecule has 1 rings (SSSR count). The van der Waals surface area contributed by atoms with Gasteiger partial charge < -0.3 is 5.73 Å². The van der Waals surface area contributed by atoms with Crippen LogP contribution in [0.5, 0.6) is 0 Å². The monoisotopic (exact) mass is 153 g/mol. The zero-order valence-electron chi connectivity index (χ0n) is 7.47. The quantitative estimate of drug-likeness (QED) is 0.620. The van der Waals surface area contributed by atoms with E-state index in [1.807, 2.05) is 0 Å². The van der Waals surface area contributed by atoms with Gasteiger partial charge in [0.2, 0.25) is 0 Å². The topological polar surface area (TPSA) is 26.0 Å². The summed E-state index contributed by atoms with van der Waals surface area (Å²) in [6.07, 6.45) is 9.94. The van der Waals surface area contributed by atoms with E-state index in [4.69, 9.17) is 5.73 Å². The fourth-order valence-electron chi connectivity index (χ4n) is 1.70. The van der Waals surface area contributed by atoms with E-state index >= 15 is 0 Å². The molecule has 1 aliphatic carbocycles. The highest BCUT2D eigenvalue weighted by atomic mass is 14.6. The average molecular weight is 153 g/mol.